The van der Waals surface area contributed by atoms with E-state index in [1.54, 1.807) is 24.3 Å². The average molecular weight is 675 g/mol. The van der Waals surface area contributed by atoms with E-state index in [9.17, 15) is 26.3 Å². The molecule has 0 aliphatic heterocycles. The molecule has 5 aromatic rings. The Balaban J connectivity index is 1.34. The fraction of sp³-hybridized carbons (Fsp3) is 0.189. The minimum Gasteiger partial charge on any atom is -0.457 e. The van der Waals surface area contributed by atoms with Gasteiger partial charge in [0.15, 0.2) is 17.4 Å². The number of aryl methyl sites for hydroxylation is 1. The minimum atomic E-state index is -4.55. The lowest BCUT2D eigenvalue weighted by molar-refractivity contribution is -0.189. The van der Waals surface area contributed by atoms with Gasteiger partial charge in [-0.15, -0.1) is 0 Å². The Morgan fingerprint density at radius 2 is 1.10 bits per heavy atom. The van der Waals surface area contributed by atoms with Crippen LogP contribution in [0.2, 0.25) is 0 Å². The zero-order valence-electron chi connectivity index (χ0n) is 25.3. The zero-order chi connectivity index (χ0) is 34.6. The molecule has 0 saturated carbocycles. The van der Waals surface area contributed by atoms with Crippen LogP contribution in [-0.4, -0.2) is 6.86 Å². The smallest absolute Gasteiger partial charge is 0.432 e. The zero-order valence-corrected chi connectivity index (χ0v) is 25.3. The van der Waals surface area contributed by atoms with Crippen molar-refractivity contribution in [2.24, 2.45) is 0 Å². The topological polar surface area (TPSA) is 18.5 Å². The molecule has 0 aromatic heterocycles. The van der Waals surface area contributed by atoms with Gasteiger partial charge < -0.3 is 9.47 Å². The van der Waals surface area contributed by atoms with E-state index in [4.69, 9.17) is 0 Å². The van der Waals surface area contributed by atoms with E-state index >= 15 is 13.2 Å². The maximum absolute atomic E-state index is 15.1. The lowest BCUT2D eigenvalue weighted by Gasteiger charge is -2.20. The van der Waals surface area contributed by atoms with E-state index in [0.717, 1.165) is 79.8 Å². The summed E-state index contributed by atoms with van der Waals surface area (Å²) >= 11 is 0. The normalized spacial score (nSPS) is 11.5. The average Bonchev–Trinajstić information content (AvgIpc) is 3.02. The van der Waals surface area contributed by atoms with Crippen molar-refractivity contribution in [1.29, 1.82) is 0 Å². The molecule has 11 heteroatoms. The number of alkyl halides is 3. The van der Waals surface area contributed by atoms with Gasteiger partial charge in [-0.2, -0.15) is 8.78 Å². The van der Waals surface area contributed by atoms with Gasteiger partial charge in [-0.1, -0.05) is 56.2 Å². The fourth-order valence-corrected chi connectivity index (χ4v) is 5.28. The SMILES string of the molecule is CCCCCc1ccc(-c2cc(F)c(C(F)(F)Oc3ccc(-c4ccc(-c5cc(F)c(OCF)c(F)c5)c(F)c4)c(F)c3)c(F)c2)cc1. The van der Waals surface area contributed by atoms with E-state index in [1.165, 1.54) is 6.07 Å². The van der Waals surface area contributed by atoms with Gasteiger partial charge in [0.2, 0.25) is 6.86 Å². The molecule has 0 heterocycles. The van der Waals surface area contributed by atoms with Gasteiger partial charge in [-0.05, 0) is 83.1 Å². The number of hydrogen-bond acceptors (Lipinski definition) is 2. The van der Waals surface area contributed by atoms with Crippen molar-refractivity contribution in [1.82, 2.24) is 0 Å². The molecule has 0 saturated heterocycles. The molecule has 0 amide bonds. The third-order valence-electron chi connectivity index (χ3n) is 7.66. The van der Waals surface area contributed by atoms with Crippen molar-refractivity contribution in [3.63, 3.8) is 0 Å². The van der Waals surface area contributed by atoms with Crippen LogP contribution in [0.1, 0.15) is 37.3 Å². The number of unbranched alkanes of at least 4 members (excludes halogenated alkanes) is 2. The molecule has 2 nitrogen and oxygen atoms in total. The second kappa shape index (κ2) is 14.5. The maximum atomic E-state index is 15.1. The van der Waals surface area contributed by atoms with Crippen molar-refractivity contribution in [3.05, 3.63) is 131 Å². The molecule has 0 radical (unpaired) electrons. The standard InChI is InChI=1S/C37H27F9O2/c1-2-3-4-5-21-6-8-22(9-7-21)24-15-31(41)35(32(42)16-24)37(45,46)48-26-11-13-27(30(40)19-26)23-10-12-28(29(39)14-23)25-17-33(43)36(47-20-38)34(44)18-25/h6-19H,2-5,20H2,1H3. The van der Waals surface area contributed by atoms with E-state index in [0.29, 0.717) is 11.6 Å². The Kier molecular flexibility index (Phi) is 10.4. The van der Waals surface area contributed by atoms with Crippen LogP contribution in [0, 0.1) is 34.9 Å². The molecule has 0 unspecified atom stereocenters. The summed E-state index contributed by atoms with van der Waals surface area (Å²) in [5.74, 6) is -9.61. The van der Waals surface area contributed by atoms with Crippen LogP contribution in [0.3, 0.4) is 0 Å². The lowest BCUT2D eigenvalue weighted by atomic mass is 9.99. The summed E-state index contributed by atoms with van der Waals surface area (Å²) in [4.78, 5) is 0. The second-order valence-corrected chi connectivity index (χ2v) is 10.9. The summed E-state index contributed by atoms with van der Waals surface area (Å²) in [6.07, 6.45) is -0.600. The molecular formula is C37H27F9O2. The first-order valence-corrected chi connectivity index (χ1v) is 14.8. The fourth-order valence-electron chi connectivity index (χ4n) is 5.28. The van der Waals surface area contributed by atoms with Crippen LogP contribution in [0.5, 0.6) is 11.5 Å². The molecule has 5 rings (SSSR count). The molecular weight excluding hydrogens is 647 g/mol. The van der Waals surface area contributed by atoms with Gasteiger partial charge >= 0.3 is 6.11 Å². The van der Waals surface area contributed by atoms with Crippen LogP contribution in [0.4, 0.5) is 39.5 Å². The molecule has 5 aromatic carbocycles. The largest absolute Gasteiger partial charge is 0.457 e. The maximum Gasteiger partial charge on any atom is 0.432 e. The van der Waals surface area contributed by atoms with Crippen molar-refractivity contribution >= 4 is 0 Å². The van der Waals surface area contributed by atoms with Gasteiger partial charge in [0, 0.05) is 17.2 Å². The van der Waals surface area contributed by atoms with Gasteiger partial charge in [0.25, 0.3) is 0 Å². The first-order chi connectivity index (χ1) is 22.9. The number of rotatable bonds is 12. The summed E-state index contributed by atoms with van der Waals surface area (Å²) < 4.78 is 140. The second-order valence-electron chi connectivity index (χ2n) is 10.9. The van der Waals surface area contributed by atoms with Crippen LogP contribution in [0.15, 0.2) is 84.9 Å². The minimum absolute atomic E-state index is 0.0383. The van der Waals surface area contributed by atoms with Crippen molar-refractivity contribution in [2.45, 2.75) is 38.7 Å². The van der Waals surface area contributed by atoms with E-state index in [2.05, 4.69) is 16.4 Å². The summed E-state index contributed by atoms with van der Waals surface area (Å²) in [5, 5.41) is 0. The molecule has 0 bridgehead atoms. The predicted octanol–water partition coefficient (Wildman–Crippen LogP) is 11.7. The highest BCUT2D eigenvalue weighted by molar-refractivity contribution is 5.72. The van der Waals surface area contributed by atoms with Gasteiger partial charge in [0.1, 0.15) is 34.6 Å². The number of ether oxygens (including phenoxy) is 2. The van der Waals surface area contributed by atoms with Gasteiger partial charge in [0.05, 0.1) is 0 Å². The summed E-state index contributed by atoms with van der Waals surface area (Å²) in [6.45, 7) is 0.596. The molecule has 0 fully saturated rings. The van der Waals surface area contributed by atoms with Crippen LogP contribution in [-0.2, 0) is 12.5 Å². The lowest BCUT2D eigenvalue weighted by Crippen LogP contribution is -2.25. The highest BCUT2D eigenvalue weighted by Crippen LogP contribution is 2.39. The molecule has 0 atom stereocenters. The third kappa shape index (κ3) is 7.45. The van der Waals surface area contributed by atoms with E-state index in [-0.39, 0.29) is 27.8 Å². The Hall–Kier alpha value is -4.93. The van der Waals surface area contributed by atoms with E-state index < -0.39 is 64.9 Å². The summed E-state index contributed by atoms with van der Waals surface area (Å²) in [5.41, 5.74) is -1.05. The Morgan fingerprint density at radius 3 is 1.69 bits per heavy atom. The molecule has 48 heavy (non-hydrogen) atoms. The van der Waals surface area contributed by atoms with Crippen molar-refractivity contribution in [3.8, 4) is 44.9 Å². The Bertz CT molecular complexity index is 1880. The Labute approximate surface area is 270 Å². The first kappa shape index (κ1) is 34.4. The number of hydrogen-bond donors (Lipinski definition) is 0. The number of benzene rings is 5. The van der Waals surface area contributed by atoms with Crippen LogP contribution < -0.4 is 9.47 Å². The summed E-state index contributed by atoms with van der Waals surface area (Å²) in [6, 6.07) is 15.5. The van der Waals surface area contributed by atoms with Crippen molar-refractivity contribution < 1.29 is 49.0 Å². The first-order valence-electron chi connectivity index (χ1n) is 14.8. The van der Waals surface area contributed by atoms with Gasteiger partial charge in [-0.3, -0.25) is 0 Å². The Morgan fingerprint density at radius 1 is 0.562 bits per heavy atom. The number of halogens is 9. The molecule has 0 aliphatic carbocycles. The van der Waals surface area contributed by atoms with Gasteiger partial charge in [-0.25, -0.2) is 30.7 Å². The molecule has 0 N–H and O–H groups in total. The van der Waals surface area contributed by atoms with Crippen molar-refractivity contribution in [2.75, 3.05) is 6.86 Å². The monoisotopic (exact) mass is 674 g/mol. The van der Waals surface area contributed by atoms with E-state index in [1.807, 2.05) is 0 Å². The quantitative estimate of drug-likeness (QED) is 0.0969. The summed E-state index contributed by atoms with van der Waals surface area (Å²) in [7, 11) is 0. The predicted molar refractivity (Wildman–Crippen MR) is 163 cm³/mol. The van der Waals surface area contributed by atoms with Crippen LogP contribution >= 0.6 is 0 Å². The highest BCUT2D eigenvalue weighted by Gasteiger charge is 2.41. The third-order valence-corrected chi connectivity index (χ3v) is 7.66. The molecule has 250 valence electrons. The molecule has 0 aliphatic rings. The highest BCUT2D eigenvalue weighted by atomic mass is 19.3. The van der Waals surface area contributed by atoms with Crippen LogP contribution in [0.25, 0.3) is 33.4 Å². The molecule has 0 spiro atoms.